The molecule has 3 N–H and O–H groups in total. The predicted molar refractivity (Wildman–Crippen MR) is 334 cm³/mol. The van der Waals surface area contributed by atoms with Gasteiger partial charge in [0.05, 0.1) is 12.1 Å². The fourth-order valence-electron chi connectivity index (χ4n) is 11.8. The predicted octanol–water partition coefficient (Wildman–Crippen LogP) is 5.24. The number of amides is 10. The van der Waals surface area contributed by atoms with Crippen LogP contribution in [0.1, 0.15) is 176 Å². The van der Waals surface area contributed by atoms with Gasteiger partial charge in [0.2, 0.25) is 59.1 Å². The van der Waals surface area contributed by atoms with Crippen LogP contribution in [-0.4, -0.2) is 222 Å². The van der Waals surface area contributed by atoms with Crippen molar-refractivity contribution in [1.29, 1.82) is 0 Å². The molecule has 2 aliphatic rings. The van der Waals surface area contributed by atoms with Gasteiger partial charge in [-0.25, -0.2) is 0 Å². The molecule has 2 fully saturated rings. The minimum Gasteiger partial charge on any atom is -0.375 e. The van der Waals surface area contributed by atoms with E-state index in [1.165, 1.54) is 90.6 Å². The number of Topliss-reactive ketones (excluding diaryl/α,β-unsaturated/α-hetero) is 1. The number of carbonyl (C=O) groups excluding carboxylic acids is 11. The van der Waals surface area contributed by atoms with Gasteiger partial charge in [-0.3, -0.25) is 52.7 Å². The largest absolute Gasteiger partial charge is 0.375 e. The Morgan fingerprint density at radius 1 is 0.442 bits per heavy atom. The Bertz CT molecular complexity index is 2330. The molecule has 86 heavy (non-hydrogen) atoms. The Labute approximate surface area is 517 Å². The summed E-state index contributed by atoms with van der Waals surface area (Å²) in [7, 11) is 10.4. The van der Waals surface area contributed by atoms with Gasteiger partial charge in [-0.1, -0.05) is 118 Å². The van der Waals surface area contributed by atoms with E-state index in [4.69, 9.17) is 4.74 Å². The van der Waals surface area contributed by atoms with E-state index < -0.39 is 149 Å². The monoisotopic (exact) mass is 1220 g/mol. The Balaban J connectivity index is 0.0000370. The lowest BCUT2D eigenvalue weighted by Gasteiger charge is -2.41. The first kappa shape index (κ1) is 78.3. The van der Waals surface area contributed by atoms with E-state index in [0.717, 1.165) is 0 Å². The topological polar surface area (TPSA) is 256 Å². The maximum atomic E-state index is 15.2. The van der Waals surface area contributed by atoms with Crippen molar-refractivity contribution in [3.63, 3.8) is 0 Å². The third-order valence-corrected chi connectivity index (χ3v) is 17.2. The summed E-state index contributed by atoms with van der Waals surface area (Å²) in [5.74, 6) is -8.96. The molecule has 10 amide bonds. The van der Waals surface area contributed by atoms with Crippen LogP contribution in [0.4, 0.5) is 0 Å². The second kappa shape index (κ2) is 34.8. The summed E-state index contributed by atoms with van der Waals surface area (Å²) in [5.41, 5.74) is 0. The molecule has 2 saturated heterocycles. The number of ketones is 1. The zero-order chi connectivity index (χ0) is 65.6. The van der Waals surface area contributed by atoms with E-state index in [9.17, 15) is 43.2 Å². The average Bonchev–Trinajstić information content (AvgIpc) is 1.49. The van der Waals surface area contributed by atoms with E-state index in [2.05, 4.69) is 16.0 Å². The van der Waals surface area contributed by atoms with Gasteiger partial charge in [-0.05, 0) is 93.3 Å². The SMILES string of the molecule is C.CC[C@@H]1C(=O)N(C)[C@@H](CC(C)C)C(=O)N[C@H](C(C)C)C(=O)N(C)[C@H](CC(C)C)C(=O)N[C@H](C)C(=O)C[C@H](C)C(=O)N(C)[C@H](CC(C)C)C(=O)N(C)[C@H](CC(C)C)C(=O)N(C)[C@H](C(C)C)C(=O)N(C)[C@H]([C@@H]2OCC[C@H]2C)C(=O)N[C@H](CC)C(=O)N1C. The van der Waals surface area contributed by atoms with Crippen molar-refractivity contribution in [3.05, 3.63) is 0 Å². The van der Waals surface area contributed by atoms with Gasteiger partial charge in [0, 0.05) is 68.3 Å². The van der Waals surface area contributed by atoms with Crippen LogP contribution in [0, 0.1) is 47.3 Å². The zero-order valence-electron chi connectivity index (χ0n) is 56.4. The van der Waals surface area contributed by atoms with Gasteiger partial charge < -0.3 is 55.0 Å². The maximum absolute atomic E-state index is 15.2. The number of likely N-dealkylation sites (N-methyl/N-ethyl adjacent to an activating group) is 7. The fourth-order valence-corrected chi connectivity index (χ4v) is 11.8. The molecule has 13 atom stereocenters. The molecule has 0 radical (unpaired) electrons. The summed E-state index contributed by atoms with van der Waals surface area (Å²) in [6.07, 6.45) is 0.444. The molecule has 0 bridgehead atoms. The fraction of sp³-hybridized carbons (Fsp3) is 0.828. The molecule has 494 valence electrons. The molecule has 0 aromatic rings. The average molecular weight is 1220 g/mol. The molecule has 0 unspecified atom stereocenters. The summed E-state index contributed by atoms with van der Waals surface area (Å²) in [6, 6.07) is -11.4. The first-order valence-corrected chi connectivity index (χ1v) is 31.2. The van der Waals surface area contributed by atoms with Crippen LogP contribution in [0.25, 0.3) is 0 Å². The zero-order valence-corrected chi connectivity index (χ0v) is 56.4. The van der Waals surface area contributed by atoms with Crippen LogP contribution in [0.3, 0.4) is 0 Å². The molecule has 0 spiro atoms. The van der Waals surface area contributed by atoms with Crippen molar-refractivity contribution in [2.75, 3.05) is 55.9 Å². The Kier molecular flexibility index (Phi) is 31.7. The lowest BCUT2D eigenvalue weighted by Crippen LogP contribution is -2.63. The third kappa shape index (κ3) is 20.2. The molecule has 0 saturated carbocycles. The van der Waals surface area contributed by atoms with Gasteiger partial charge >= 0.3 is 0 Å². The van der Waals surface area contributed by atoms with Gasteiger partial charge in [-0.15, -0.1) is 0 Å². The number of hydrogen-bond donors (Lipinski definition) is 3. The highest BCUT2D eigenvalue weighted by atomic mass is 16.5. The van der Waals surface area contributed by atoms with E-state index in [1.807, 2.05) is 62.3 Å². The number of rotatable bonds is 13. The smallest absolute Gasteiger partial charge is 0.246 e. The summed E-state index contributed by atoms with van der Waals surface area (Å²) in [6.45, 7) is 30.9. The normalized spacial score (nSPS) is 29.3. The van der Waals surface area contributed by atoms with Crippen LogP contribution in [0.5, 0.6) is 0 Å². The maximum Gasteiger partial charge on any atom is 0.246 e. The standard InChI is InChI=1S/C63H112N10O12.CH4/c1-25-43-58(79)67(18)44(26-2)59(80)68(19)46(30-35(5)6)55(76)66-50(38(11)12)62(83)69(20)45(29-34(3)4)54(75)64-42(17)49(74)33-41(16)57(78)70(21)47(31-36(7)8)60(81)71(22)48(32-37(9)10)61(82)72(23)51(39(13)14)63(84)73(24)52(56(77)65-43)53-40(15)27-28-85-53;/h34-48,50-53H,25-33H2,1-24H3,(H,64,75)(H,65,77)(H,66,76);1H4/t40-,41+,42-,43-,44-,45-,46+,47-,48-,50-,51-,52-,53-;/m1./s1. The molecule has 2 aliphatic heterocycles. The molecule has 0 aromatic heterocycles. The summed E-state index contributed by atoms with van der Waals surface area (Å²) in [5, 5.41) is 8.59. The molecule has 0 aromatic carbocycles. The molecular weight excluding hydrogens is 1100 g/mol. The molecular formula is C64H116N10O12. The molecule has 2 rings (SSSR count). The Morgan fingerprint density at radius 3 is 1.27 bits per heavy atom. The van der Waals surface area contributed by atoms with Crippen molar-refractivity contribution in [2.24, 2.45) is 47.3 Å². The van der Waals surface area contributed by atoms with Crippen LogP contribution in [0.15, 0.2) is 0 Å². The van der Waals surface area contributed by atoms with Crippen LogP contribution in [-0.2, 0) is 57.5 Å². The number of nitrogens with one attached hydrogen (secondary N) is 3. The highest BCUT2D eigenvalue weighted by Gasteiger charge is 2.47. The third-order valence-electron chi connectivity index (χ3n) is 17.2. The van der Waals surface area contributed by atoms with Gasteiger partial charge in [0.25, 0.3) is 0 Å². The van der Waals surface area contributed by atoms with E-state index >= 15 is 9.59 Å². The van der Waals surface area contributed by atoms with Crippen molar-refractivity contribution in [3.8, 4) is 0 Å². The van der Waals surface area contributed by atoms with Crippen molar-refractivity contribution >= 4 is 64.9 Å². The lowest BCUT2D eigenvalue weighted by molar-refractivity contribution is -0.157. The van der Waals surface area contributed by atoms with Crippen LogP contribution in [0.2, 0.25) is 0 Å². The highest BCUT2D eigenvalue weighted by Crippen LogP contribution is 2.29. The molecule has 2 heterocycles. The van der Waals surface area contributed by atoms with E-state index in [0.29, 0.717) is 13.0 Å². The number of carbonyl (C=O) groups is 11. The molecule has 22 nitrogen and oxygen atoms in total. The van der Waals surface area contributed by atoms with Crippen molar-refractivity contribution < 1.29 is 57.5 Å². The van der Waals surface area contributed by atoms with Gasteiger partial charge in [0.15, 0.2) is 5.78 Å². The quantitative estimate of drug-likeness (QED) is 0.214. The number of ether oxygens (including phenoxy) is 1. The Morgan fingerprint density at radius 2 is 0.849 bits per heavy atom. The van der Waals surface area contributed by atoms with E-state index in [-0.39, 0.29) is 82.0 Å². The van der Waals surface area contributed by atoms with Crippen molar-refractivity contribution in [2.45, 2.75) is 243 Å². The second-order valence-electron chi connectivity index (χ2n) is 26.9. The van der Waals surface area contributed by atoms with Gasteiger partial charge in [0.1, 0.15) is 54.4 Å². The minimum atomic E-state index is -1.29. The van der Waals surface area contributed by atoms with Crippen molar-refractivity contribution in [1.82, 2.24) is 50.2 Å². The summed E-state index contributed by atoms with van der Waals surface area (Å²) in [4.78, 5) is 171. The number of nitrogens with zero attached hydrogens (tertiary/aromatic N) is 7. The summed E-state index contributed by atoms with van der Waals surface area (Å²) >= 11 is 0. The molecule has 22 heteroatoms. The Hall–Kier alpha value is -5.67. The van der Waals surface area contributed by atoms with Crippen LogP contribution < -0.4 is 16.0 Å². The number of hydrogen-bond acceptors (Lipinski definition) is 12. The lowest BCUT2D eigenvalue weighted by atomic mass is 9.93. The first-order valence-electron chi connectivity index (χ1n) is 31.2. The van der Waals surface area contributed by atoms with Gasteiger partial charge in [-0.2, -0.15) is 0 Å². The molecule has 0 aliphatic carbocycles. The summed E-state index contributed by atoms with van der Waals surface area (Å²) < 4.78 is 6.20. The van der Waals surface area contributed by atoms with E-state index in [1.54, 1.807) is 48.5 Å². The minimum absolute atomic E-state index is 0. The highest BCUT2D eigenvalue weighted by molar-refractivity contribution is 6.00. The first-order chi connectivity index (χ1) is 39.3. The van der Waals surface area contributed by atoms with Crippen LogP contribution >= 0.6 is 0 Å². The second-order valence-corrected chi connectivity index (χ2v) is 26.9.